The summed E-state index contributed by atoms with van der Waals surface area (Å²) in [6.07, 6.45) is 10.0. The molecule has 1 heterocycles. The molecule has 0 saturated heterocycles. The van der Waals surface area contributed by atoms with E-state index in [2.05, 4.69) is 29.5 Å². The molecule has 0 amide bonds. The normalized spacial score (nSPS) is 26.0. The molecular formula is C14H23N3. The molecule has 1 saturated carbocycles. The Kier molecular flexibility index (Phi) is 4.51. The topological polar surface area (TPSA) is 50.9 Å². The van der Waals surface area contributed by atoms with E-state index >= 15 is 0 Å². The van der Waals surface area contributed by atoms with Gasteiger partial charge < -0.3 is 0 Å². The maximum absolute atomic E-state index is 5.72. The first-order chi connectivity index (χ1) is 8.33. The second kappa shape index (κ2) is 6.12. The zero-order valence-corrected chi connectivity index (χ0v) is 10.6. The van der Waals surface area contributed by atoms with E-state index in [1.54, 1.807) is 0 Å². The van der Waals surface area contributed by atoms with Crippen molar-refractivity contribution in [3.63, 3.8) is 0 Å². The molecule has 3 atom stereocenters. The SMILES string of the molecule is CCC1CCC(C(Cc2ccncc2)NN)C1. The molecule has 0 aliphatic heterocycles. The Labute approximate surface area is 104 Å². The molecule has 1 aromatic rings. The van der Waals surface area contributed by atoms with Gasteiger partial charge in [-0.15, -0.1) is 0 Å². The van der Waals surface area contributed by atoms with Crippen LogP contribution in [0.4, 0.5) is 0 Å². The minimum atomic E-state index is 0.411. The van der Waals surface area contributed by atoms with Crippen LogP contribution in [0.2, 0.25) is 0 Å². The fourth-order valence-electron chi connectivity index (χ4n) is 2.98. The molecule has 2 rings (SSSR count). The van der Waals surface area contributed by atoms with Gasteiger partial charge in [0, 0.05) is 18.4 Å². The van der Waals surface area contributed by atoms with Crippen LogP contribution in [-0.4, -0.2) is 11.0 Å². The summed E-state index contributed by atoms with van der Waals surface area (Å²) >= 11 is 0. The summed E-state index contributed by atoms with van der Waals surface area (Å²) in [6.45, 7) is 2.29. The van der Waals surface area contributed by atoms with Crippen molar-refractivity contribution in [3.05, 3.63) is 30.1 Å². The summed E-state index contributed by atoms with van der Waals surface area (Å²) in [6, 6.07) is 4.57. The van der Waals surface area contributed by atoms with Crippen molar-refractivity contribution < 1.29 is 0 Å². The second-order valence-electron chi connectivity index (χ2n) is 5.18. The van der Waals surface area contributed by atoms with Crippen molar-refractivity contribution in [2.75, 3.05) is 0 Å². The summed E-state index contributed by atoms with van der Waals surface area (Å²) in [5.41, 5.74) is 4.34. The van der Waals surface area contributed by atoms with Gasteiger partial charge in [0.25, 0.3) is 0 Å². The zero-order chi connectivity index (χ0) is 12.1. The number of nitrogens with two attached hydrogens (primary N) is 1. The van der Waals surface area contributed by atoms with E-state index < -0.39 is 0 Å². The zero-order valence-electron chi connectivity index (χ0n) is 10.6. The van der Waals surface area contributed by atoms with Crippen molar-refractivity contribution in [2.45, 2.75) is 45.1 Å². The van der Waals surface area contributed by atoms with Crippen LogP contribution in [-0.2, 0) is 6.42 Å². The average molecular weight is 233 g/mol. The number of pyridine rings is 1. The van der Waals surface area contributed by atoms with Crippen LogP contribution < -0.4 is 11.3 Å². The van der Waals surface area contributed by atoms with Crippen LogP contribution in [0, 0.1) is 11.8 Å². The van der Waals surface area contributed by atoms with E-state index in [0.717, 1.165) is 18.3 Å². The number of nitrogens with zero attached hydrogens (tertiary/aromatic N) is 1. The van der Waals surface area contributed by atoms with Gasteiger partial charge in [0.1, 0.15) is 0 Å². The molecule has 3 unspecified atom stereocenters. The standard InChI is InChI=1S/C14H23N3/c1-2-11-3-4-13(9-11)14(17-15)10-12-5-7-16-8-6-12/h5-8,11,13-14,17H,2-4,9-10,15H2,1H3. The summed E-state index contributed by atoms with van der Waals surface area (Å²) in [7, 11) is 0. The van der Waals surface area contributed by atoms with Crippen LogP contribution in [0.1, 0.15) is 38.2 Å². The smallest absolute Gasteiger partial charge is 0.0279 e. The van der Waals surface area contributed by atoms with Gasteiger partial charge in [-0.25, -0.2) is 0 Å². The molecule has 0 bridgehead atoms. The second-order valence-corrected chi connectivity index (χ2v) is 5.18. The number of hydrazine groups is 1. The van der Waals surface area contributed by atoms with Gasteiger partial charge in [0.15, 0.2) is 0 Å². The van der Waals surface area contributed by atoms with Gasteiger partial charge in [0.2, 0.25) is 0 Å². The molecule has 1 fully saturated rings. The Morgan fingerprint density at radius 1 is 1.41 bits per heavy atom. The predicted molar refractivity (Wildman–Crippen MR) is 70.2 cm³/mol. The Hall–Kier alpha value is -0.930. The van der Waals surface area contributed by atoms with Gasteiger partial charge in [-0.3, -0.25) is 16.3 Å². The first-order valence-electron chi connectivity index (χ1n) is 6.68. The molecule has 1 aliphatic carbocycles. The Bertz CT molecular complexity index is 325. The van der Waals surface area contributed by atoms with Crippen molar-refractivity contribution >= 4 is 0 Å². The largest absolute Gasteiger partial charge is 0.271 e. The summed E-state index contributed by atoms with van der Waals surface area (Å²) in [5, 5.41) is 0. The first-order valence-corrected chi connectivity index (χ1v) is 6.68. The molecule has 0 radical (unpaired) electrons. The lowest BCUT2D eigenvalue weighted by Gasteiger charge is -2.23. The third kappa shape index (κ3) is 3.27. The predicted octanol–water partition coefficient (Wildman–Crippen LogP) is 2.28. The highest BCUT2D eigenvalue weighted by atomic mass is 15.2. The highest BCUT2D eigenvalue weighted by Crippen LogP contribution is 2.35. The van der Waals surface area contributed by atoms with Gasteiger partial charge in [0.05, 0.1) is 0 Å². The summed E-state index contributed by atoms with van der Waals surface area (Å²) in [4.78, 5) is 4.05. The fourth-order valence-corrected chi connectivity index (χ4v) is 2.98. The van der Waals surface area contributed by atoms with E-state index in [9.17, 15) is 0 Å². The third-order valence-corrected chi connectivity index (χ3v) is 4.15. The van der Waals surface area contributed by atoms with Crippen molar-refractivity contribution in [2.24, 2.45) is 17.7 Å². The van der Waals surface area contributed by atoms with Crippen molar-refractivity contribution in [1.82, 2.24) is 10.4 Å². The number of aromatic nitrogens is 1. The maximum atomic E-state index is 5.72. The summed E-state index contributed by atoms with van der Waals surface area (Å²) < 4.78 is 0. The van der Waals surface area contributed by atoms with E-state index in [1.807, 2.05) is 12.4 Å². The van der Waals surface area contributed by atoms with Crippen LogP contribution >= 0.6 is 0 Å². The lowest BCUT2D eigenvalue weighted by atomic mass is 9.92. The van der Waals surface area contributed by atoms with Gasteiger partial charge in [-0.1, -0.05) is 19.8 Å². The Morgan fingerprint density at radius 2 is 2.18 bits per heavy atom. The highest BCUT2D eigenvalue weighted by molar-refractivity contribution is 5.11. The molecule has 0 spiro atoms. The number of nitrogens with one attached hydrogen (secondary N) is 1. The average Bonchev–Trinajstić information content (AvgIpc) is 2.86. The molecular weight excluding hydrogens is 210 g/mol. The quantitative estimate of drug-likeness (QED) is 0.606. The summed E-state index contributed by atoms with van der Waals surface area (Å²) in [5.74, 6) is 7.37. The number of rotatable bonds is 5. The lowest BCUT2D eigenvalue weighted by molar-refractivity contribution is 0.348. The first kappa shape index (κ1) is 12.5. The number of hydrogen-bond acceptors (Lipinski definition) is 3. The van der Waals surface area contributed by atoms with Crippen molar-refractivity contribution in [3.8, 4) is 0 Å². The highest BCUT2D eigenvalue weighted by Gasteiger charge is 2.29. The number of hydrogen-bond donors (Lipinski definition) is 2. The van der Waals surface area contributed by atoms with E-state index in [-0.39, 0.29) is 0 Å². The molecule has 3 heteroatoms. The van der Waals surface area contributed by atoms with Gasteiger partial charge in [-0.05, 0) is 48.8 Å². The fraction of sp³-hybridized carbons (Fsp3) is 0.643. The van der Waals surface area contributed by atoms with E-state index in [1.165, 1.54) is 31.2 Å². The Balaban J connectivity index is 1.93. The molecule has 17 heavy (non-hydrogen) atoms. The minimum Gasteiger partial charge on any atom is -0.271 e. The van der Waals surface area contributed by atoms with Gasteiger partial charge >= 0.3 is 0 Å². The van der Waals surface area contributed by atoms with Crippen LogP contribution in [0.25, 0.3) is 0 Å². The van der Waals surface area contributed by atoms with Crippen LogP contribution in [0.15, 0.2) is 24.5 Å². The lowest BCUT2D eigenvalue weighted by Crippen LogP contribution is -2.41. The van der Waals surface area contributed by atoms with Crippen molar-refractivity contribution in [1.29, 1.82) is 0 Å². The third-order valence-electron chi connectivity index (χ3n) is 4.15. The molecule has 0 aromatic carbocycles. The molecule has 3 N–H and O–H groups in total. The maximum Gasteiger partial charge on any atom is 0.0279 e. The van der Waals surface area contributed by atoms with E-state index in [4.69, 9.17) is 5.84 Å². The monoisotopic (exact) mass is 233 g/mol. The van der Waals surface area contributed by atoms with Crippen LogP contribution in [0.5, 0.6) is 0 Å². The van der Waals surface area contributed by atoms with E-state index in [0.29, 0.717) is 6.04 Å². The van der Waals surface area contributed by atoms with Crippen LogP contribution in [0.3, 0.4) is 0 Å². The Morgan fingerprint density at radius 3 is 2.76 bits per heavy atom. The molecule has 94 valence electrons. The molecule has 1 aromatic heterocycles. The minimum absolute atomic E-state index is 0.411. The molecule has 3 nitrogen and oxygen atoms in total. The van der Waals surface area contributed by atoms with Gasteiger partial charge in [-0.2, -0.15) is 0 Å². The molecule has 1 aliphatic rings.